The van der Waals surface area contributed by atoms with Crippen LogP contribution in [0.4, 0.5) is 5.69 Å². The first-order valence-electron chi connectivity index (χ1n) is 6.03. The van der Waals surface area contributed by atoms with Crippen molar-refractivity contribution in [1.29, 1.82) is 0 Å². The number of nitrogens with two attached hydrogens (primary N) is 1. The molecular weight excluding hydrogens is 356 g/mol. The first-order valence-corrected chi connectivity index (χ1v) is 8.31. The summed E-state index contributed by atoms with van der Waals surface area (Å²) in [6, 6.07) is 13.0. The van der Waals surface area contributed by atoms with Crippen LogP contribution in [0.2, 0.25) is 0 Å². The molecule has 0 atom stereocenters. The van der Waals surface area contributed by atoms with E-state index in [1.807, 2.05) is 0 Å². The molecule has 2 aromatic carbocycles. The number of anilines is 1. The fraction of sp³-hybridized carbons (Fsp3) is 0.0714. The van der Waals surface area contributed by atoms with Crippen LogP contribution in [0.15, 0.2) is 57.9 Å². The Balaban J connectivity index is 2.21. The second-order valence-electron chi connectivity index (χ2n) is 4.38. The predicted octanol–water partition coefficient (Wildman–Crippen LogP) is 2.28. The lowest BCUT2D eigenvalue weighted by Gasteiger charge is -2.10. The summed E-state index contributed by atoms with van der Waals surface area (Å²) in [4.78, 5) is 11.0. The summed E-state index contributed by atoms with van der Waals surface area (Å²) in [6.07, 6.45) is 0.122. The molecule has 21 heavy (non-hydrogen) atoms. The summed E-state index contributed by atoms with van der Waals surface area (Å²) < 4.78 is 27.5. The maximum absolute atomic E-state index is 12.3. The van der Waals surface area contributed by atoms with Crippen LogP contribution < -0.4 is 10.5 Å². The zero-order chi connectivity index (χ0) is 15.5. The molecule has 5 nitrogen and oxygen atoms in total. The van der Waals surface area contributed by atoms with Crippen LogP contribution in [0.1, 0.15) is 5.56 Å². The molecule has 0 fully saturated rings. The molecule has 0 aliphatic rings. The molecule has 2 rings (SSSR count). The molecule has 0 bridgehead atoms. The van der Waals surface area contributed by atoms with Gasteiger partial charge in [-0.2, -0.15) is 0 Å². The molecule has 0 aliphatic carbocycles. The van der Waals surface area contributed by atoms with E-state index in [0.29, 0.717) is 10.2 Å². The molecule has 0 radical (unpaired) electrons. The third-order valence-corrected chi connectivity index (χ3v) is 5.10. The van der Waals surface area contributed by atoms with Gasteiger partial charge in [-0.15, -0.1) is 0 Å². The minimum absolute atomic E-state index is 0.122. The van der Waals surface area contributed by atoms with E-state index in [1.54, 1.807) is 42.5 Å². The highest BCUT2D eigenvalue weighted by Crippen LogP contribution is 2.23. The summed E-state index contributed by atoms with van der Waals surface area (Å²) in [5.41, 5.74) is 6.25. The van der Waals surface area contributed by atoms with Crippen molar-refractivity contribution in [3.8, 4) is 0 Å². The summed E-state index contributed by atoms with van der Waals surface area (Å²) >= 11 is 3.21. The molecule has 7 heteroatoms. The van der Waals surface area contributed by atoms with Crippen LogP contribution in [0.3, 0.4) is 0 Å². The second-order valence-corrected chi connectivity index (χ2v) is 6.88. The van der Waals surface area contributed by atoms with Crippen LogP contribution in [0, 0.1) is 0 Å². The van der Waals surface area contributed by atoms with Crippen molar-refractivity contribution >= 4 is 37.5 Å². The number of halogens is 1. The van der Waals surface area contributed by atoms with Gasteiger partial charge < -0.3 is 5.73 Å². The van der Waals surface area contributed by atoms with Gasteiger partial charge in [-0.05, 0) is 45.8 Å². The molecule has 0 spiro atoms. The highest BCUT2D eigenvalue weighted by Gasteiger charge is 2.17. The molecular formula is C14H13BrN2O3S. The van der Waals surface area contributed by atoms with E-state index in [0.717, 1.165) is 5.56 Å². The smallest absolute Gasteiger partial charge is 0.263 e. The number of primary amides is 1. The summed E-state index contributed by atoms with van der Waals surface area (Å²) in [7, 11) is -3.67. The van der Waals surface area contributed by atoms with Crippen molar-refractivity contribution in [3.05, 3.63) is 58.6 Å². The van der Waals surface area contributed by atoms with E-state index in [4.69, 9.17) is 5.73 Å². The summed E-state index contributed by atoms with van der Waals surface area (Å²) in [5.74, 6) is -0.434. The van der Waals surface area contributed by atoms with Crippen LogP contribution in [-0.2, 0) is 21.2 Å². The number of hydrogen-bond donors (Lipinski definition) is 2. The molecule has 0 aromatic heterocycles. The number of rotatable bonds is 5. The Kier molecular flexibility index (Phi) is 4.64. The topological polar surface area (TPSA) is 89.3 Å². The van der Waals surface area contributed by atoms with Gasteiger partial charge in [-0.1, -0.05) is 24.3 Å². The Morgan fingerprint density at radius 1 is 1.10 bits per heavy atom. The molecule has 110 valence electrons. The number of benzene rings is 2. The van der Waals surface area contributed by atoms with Crippen molar-refractivity contribution in [3.63, 3.8) is 0 Å². The average molecular weight is 369 g/mol. The quantitative estimate of drug-likeness (QED) is 0.847. The van der Waals surface area contributed by atoms with Gasteiger partial charge >= 0.3 is 0 Å². The maximum Gasteiger partial charge on any atom is 0.263 e. The van der Waals surface area contributed by atoms with E-state index >= 15 is 0 Å². The zero-order valence-electron chi connectivity index (χ0n) is 10.9. The van der Waals surface area contributed by atoms with Gasteiger partial charge in [-0.25, -0.2) is 8.42 Å². The molecule has 2 aromatic rings. The Morgan fingerprint density at radius 3 is 2.29 bits per heavy atom. The highest BCUT2D eigenvalue weighted by molar-refractivity contribution is 9.10. The van der Waals surface area contributed by atoms with E-state index in [2.05, 4.69) is 20.7 Å². The zero-order valence-corrected chi connectivity index (χ0v) is 13.3. The van der Waals surface area contributed by atoms with Gasteiger partial charge in [0.15, 0.2) is 0 Å². The number of hydrogen-bond acceptors (Lipinski definition) is 3. The molecule has 0 saturated heterocycles. The molecule has 0 heterocycles. The average Bonchev–Trinajstić information content (AvgIpc) is 2.40. The van der Waals surface area contributed by atoms with Gasteiger partial charge in [0.2, 0.25) is 5.91 Å². The lowest BCUT2D eigenvalue weighted by molar-refractivity contribution is -0.117. The number of sulfonamides is 1. The third kappa shape index (κ3) is 4.05. The number of carbonyl (C=O) groups excluding carboxylic acids is 1. The molecule has 0 aliphatic heterocycles. The van der Waals surface area contributed by atoms with E-state index in [9.17, 15) is 13.2 Å². The standard InChI is InChI=1S/C14H13BrN2O3S/c15-12-3-1-2-4-13(12)21(19,20)17-11-7-5-10(6-8-11)9-14(16)18/h1-8,17H,9H2,(H2,16,18). The van der Waals surface area contributed by atoms with Gasteiger partial charge in [0, 0.05) is 10.2 Å². The van der Waals surface area contributed by atoms with Gasteiger partial charge in [-0.3, -0.25) is 9.52 Å². The normalized spacial score (nSPS) is 11.1. The predicted molar refractivity (Wildman–Crippen MR) is 84.3 cm³/mol. The molecule has 1 amide bonds. The third-order valence-electron chi connectivity index (χ3n) is 2.71. The van der Waals surface area contributed by atoms with Crippen molar-refractivity contribution in [1.82, 2.24) is 0 Å². The van der Waals surface area contributed by atoms with E-state index in [1.165, 1.54) is 6.07 Å². The minimum atomic E-state index is -3.67. The fourth-order valence-corrected chi connectivity index (χ4v) is 3.83. The lowest BCUT2D eigenvalue weighted by Crippen LogP contribution is -2.14. The van der Waals surface area contributed by atoms with Crippen molar-refractivity contribution in [2.24, 2.45) is 5.73 Å². The van der Waals surface area contributed by atoms with Crippen LogP contribution in [0.25, 0.3) is 0 Å². The Bertz CT molecular complexity index is 758. The van der Waals surface area contributed by atoms with Gasteiger partial charge in [0.1, 0.15) is 4.90 Å². The second kappa shape index (κ2) is 6.28. The SMILES string of the molecule is NC(=O)Cc1ccc(NS(=O)(=O)c2ccccc2Br)cc1. The number of nitrogens with one attached hydrogen (secondary N) is 1. The monoisotopic (exact) mass is 368 g/mol. The summed E-state index contributed by atoms with van der Waals surface area (Å²) in [6.45, 7) is 0. The first kappa shape index (κ1) is 15.5. The van der Waals surface area contributed by atoms with Gasteiger partial charge in [0.25, 0.3) is 10.0 Å². The minimum Gasteiger partial charge on any atom is -0.369 e. The summed E-state index contributed by atoms with van der Waals surface area (Å²) in [5, 5.41) is 0. The van der Waals surface area contributed by atoms with Crippen LogP contribution in [-0.4, -0.2) is 14.3 Å². The van der Waals surface area contributed by atoms with Crippen LogP contribution >= 0.6 is 15.9 Å². The number of amides is 1. The van der Waals surface area contributed by atoms with Crippen molar-refractivity contribution in [2.45, 2.75) is 11.3 Å². The maximum atomic E-state index is 12.3. The fourth-order valence-electron chi connectivity index (χ4n) is 1.76. The molecule has 0 unspecified atom stereocenters. The lowest BCUT2D eigenvalue weighted by atomic mass is 10.1. The van der Waals surface area contributed by atoms with Crippen LogP contribution in [0.5, 0.6) is 0 Å². The Morgan fingerprint density at radius 2 is 1.71 bits per heavy atom. The largest absolute Gasteiger partial charge is 0.369 e. The molecule has 3 N–H and O–H groups in total. The number of carbonyl (C=O) groups is 1. The van der Waals surface area contributed by atoms with Gasteiger partial charge in [0.05, 0.1) is 6.42 Å². The Hall–Kier alpha value is -1.86. The molecule has 0 saturated carbocycles. The van der Waals surface area contributed by atoms with E-state index in [-0.39, 0.29) is 11.3 Å². The Labute approximate surface area is 131 Å². The highest BCUT2D eigenvalue weighted by atomic mass is 79.9. The first-order chi connectivity index (χ1) is 9.88. The van der Waals surface area contributed by atoms with Crippen molar-refractivity contribution in [2.75, 3.05) is 4.72 Å². The van der Waals surface area contributed by atoms with E-state index < -0.39 is 15.9 Å². The van der Waals surface area contributed by atoms with Crippen molar-refractivity contribution < 1.29 is 13.2 Å².